The second-order valence-corrected chi connectivity index (χ2v) is 8.08. The molecule has 3 aromatic heterocycles. The molecular formula is C22H16Cl2N4O3. The van der Waals surface area contributed by atoms with Gasteiger partial charge in [0.1, 0.15) is 11.2 Å². The monoisotopic (exact) mass is 454 g/mol. The number of hydrogen-bond donors (Lipinski definition) is 0. The van der Waals surface area contributed by atoms with Gasteiger partial charge in [-0.25, -0.2) is 19.4 Å². The third-order valence-electron chi connectivity index (χ3n) is 5.18. The van der Waals surface area contributed by atoms with E-state index in [1.54, 1.807) is 30.5 Å². The Labute approximate surface area is 186 Å². The Morgan fingerprint density at radius 1 is 1.29 bits per heavy atom. The first-order valence-electron chi connectivity index (χ1n) is 9.56. The van der Waals surface area contributed by atoms with E-state index in [4.69, 9.17) is 32.4 Å². The normalized spacial score (nSPS) is 15.3. The van der Waals surface area contributed by atoms with Gasteiger partial charge in [-0.15, -0.1) is 5.10 Å². The van der Waals surface area contributed by atoms with E-state index < -0.39 is 5.63 Å². The van der Waals surface area contributed by atoms with Crippen molar-refractivity contribution in [3.63, 3.8) is 0 Å². The van der Waals surface area contributed by atoms with Crippen LogP contribution in [0.3, 0.4) is 0 Å². The molecule has 0 N–H and O–H groups in total. The number of nitrogens with zero attached hydrogens (tertiary/aromatic N) is 4. The van der Waals surface area contributed by atoms with E-state index >= 15 is 0 Å². The predicted octanol–water partition coefficient (Wildman–Crippen LogP) is 4.96. The number of benzene rings is 1. The molecule has 156 valence electrons. The summed E-state index contributed by atoms with van der Waals surface area (Å²) in [6.07, 6.45) is 6.43. The molecule has 0 spiro atoms. The topological polar surface area (TPSA) is 83.0 Å². The average Bonchev–Trinajstić information content (AvgIpc) is 3.19. The van der Waals surface area contributed by atoms with Gasteiger partial charge in [-0.3, -0.25) is 0 Å². The van der Waals surface area contributed by atoms with E-state index in [9.17, 15) is 4.79 Å². The zero-order valence-corrected chi connectivity index (χ0v) is 18.1. The Kier molecular flexibility index (Phi) is 4.79. The fourth-order valence-electron chi connectivity index (χ4n) is 3.66. The van der Waals surface area contributed by atoms with Crippen LogP contribution >= 0.6 is 23.2 Å². The van der Waals surface area contributed by atoms with Crippen molar-refractivity contribution >= 4 is 40.2 Å². The van der Waals surface area contributed by atoms with Gasteiger partial charge >= 0.3 is 5.63 Å². The Bertz CT molecular complexity index is 1420. The van der Waals surface area contributed by atoms with Crippen molar-refractivity contribution in [1.82, 2.24) is 19.7 Å². The van der Waals surface area contributed by atoms with Crippen LogP contribution in [0.15, 0.2) is 45.8 Å². The highest BCUT2D eigenvalue weighted by Gasteiger charge is 2.23. The lowest BCUT2D eigenvalue weighted by Gasteiger charge is -2.18. The summed E-state index contributed by atoms with van der Waals surface area (Å²) in [5.41, 5.74) is 2.07. The molecule has 9 heteroatoms. The maximum Gasteiger partial charge on any atom is 0.347 e. The highest BCUT2D eigenvalue weighted by atomic mass is 35.5. The lowest BCUT2D eigenvalue weighted by Crippen LogP contribution is -2.10. The summed E-state index contributed by atoms with van der Waals surface area (Å²) < 4.78 is 12.3. The minimum absolute atomic E-state index is 0.0382. The SMILES string of the molecule is COc1cc(-c2nc3c(Cl)c4c(cc3c(=O)o2)C=CC(C)C4)n(-c2ncccc2Cl)n1. The van der Waals surface area contributed by atoms with Crippen LogP contribution in [0.2, 0.25) is 10.0 Å². The van der Waals surface area contributed by atoms with E-state index in [1.165, 1.54) is 11.8 Å². The molecule has 7 nitrogen and oxygen atoms in total. The molecule has 1 aliphatic rings. The van der Waals surface area contributed by atoms with Crippen LogP contribution in [0.5, 0.6) is 5.88 Å². The van der Waals surface area contributed by atoms with Gasteiger partial charge in [-0.1, -0.05) is 42.3 Å². The largest absolute Gasteiger partial charge is 0.480 e. The van der Waals surface area contributed by atoms with Crippen molar-refractivity contribution in [3.05, 3.63) is 68.1 Å². The first kappa shape index (κ1) is 19.8. The standard InChI is InChI=1S/C22H16Cl2N4O3/c1-11-5-6-12-9-14-19(18(24)13(12)8-11)26-21(31-22(14)29)16-10-17(30-2)27-28(16)20-15(23)4-3-7-25-20/h3-7,9-11H,8H2,1-2H3. The van der Waals surface area contributed by atoms with Gasteiger partial charge in [0.15, 0.2) is 5.82 Å². The van der Waals surface area contributed by atoms with Gasteiger partial charge in [0.05, 0.1) is 22.5 Å². The van der Waals surface area contributed by atoms with Crippen molar-refractivity contribution in [2.75, 3.05) is 7.11 Å². The molecule has 31 heavy (non-hydrogen) atoms. The fraction of sp³-hybridized carbons (Fsp3) is 0.182. The number of allylic oxidation sites excluding steroid dienone is 1. The van der Waals surface area contributed by atoms with Crippen LogP contribution in [0.4, 0.5) is 0 Å². The molecule has 1 unspecified atom stereocenters. The lowest BCUT2D eigenvalue weighted by molar-refractivity contribution is 0.394. The minimum Gasteiger partial charge on any atom is -0.480 e. The van der Waals surface area contributed by atoms with Gasteiger partial charge in [-0.05, 0) is 41.7 Å². The number of methoxy groups -OCH3 is 1. The van der Waals surface area contributed by atoms with E-state index in [2.05, 4.69) is 28.1 Å². The van der Waals surface area contributed by atoms with Crippen LogP contribution in [-0.2, 0) is 6.42 Å². The molecular weight excluding hydrogens is 439 g/mol. The van der Waals surface area contributed by atoms with E-state index in [1.807, 2.05) is 6.08 Å². The lowest BCUT2D eigenvalue weighted by atomic mass is 9.90. The molecule has 4 aromatic rings. The van der Waals surface area contributed by atoms with Crippen LogP contribution in [-0.4, -0.2) is 26.9 Å². The Morgan fingerprint density at radius 2 is 2.13 bits per heavy atom. The molecule has 5 rings (SSSR count). The van der Waals surface area contributed by atoms with Gasteiger partial charge in [0.25, 0.3) is 0 Å². The first-order valence-corrected chi connectivity index (χ1v) is 10.3. The summed E-state index contributed by atoms with van der Waals surface area (Å²) in [5, 5.41) is 5.49. The van der Waals surface area contributed by atoms with Crippen molar-refractivity contribution in [3.8, 4) is 23.3 Å². The highest BCUT2D eigenvalue weighted by Crippen LogP contribution is 2.35. The quantitative estimate of drug-likeness (QED) is 0.435. The number of halogens is 2. The fourth-order valence-corrected chi connectivity index (χ4v) is 4.19. The van der Waals surface area contributed by atoms with Gasteiger partial charge in [-0.2, -0.15) is 0 Å². The molecule has 1 aromatic carbocycles. The zero-order chi connectivity index (χ0) is 21.7. The molecule has 3 heterocycles. The smallest absolute Gasteiger partial charge is 0.347 e. The minimum atomic E-state index is -0.546. The number of ether oxygens (including phenoxy) is 1. The van der Waals surface area contributed by atoms with Gasteiger partial charge in [0.2, 0.25) is 11.8 Å². The van der Waals surface area contributed by atoms with Crippen molar-refractivity contribution in [2.24, 2.45) is 5.92 Å². The molecule has 0 saturated heterocycles. The average molecular weight is 455 g/mol. The summed E-state index contributed by atoms with van der Waals surface area (Å²) in [4.78, 5) is 21.7. The summed E-state index contributed by atoms with van der Waals surface area (Å²) in [6, 6.07) is 6.76. The molecule has 1 atom stereocenters. The molecule has 1 aliphatic carbocycles. The van der Waals surface area contributed by atoms with E-state index in [0.29, 0.717) is 38.4 Å². The zero-order valence-electron chi connectivity index (χ0n) is 16.6. The number of aromatic nitrogens is 4. The van der Waals surface area contributed by atoms with Crippen LogP contribution in [0.1, 0.15) is 18.1 Å². The molecule has 0 aliphatic heterocycles. The van der Waals surface area contributed by atoms with Gasteiger partial charge < -0.3 is 9.15 Å². The molecule has 0 radical (unpaired) electrons. The van der Waals surface area contributed by atoms with Crippen LogP contribution < -0.4 is 10.4 Å². The van der Waals surface area contributed by atoms with Crippen LogP contribution in [0, 0.1) is 5.92 Å². The van der Waals surface area contributed by atoms with Crippen molar-refractivity contribution in [1.29, 1.82) is 0 Å². The number of pyridine rings is 1. The maximum atomic E-state index is 12.9. The number of rotatable bonds is 3. The van der Waals surface area contributed by atoms with Crippen molar-refractivity contribution in [2.45, 2.75) is 13.3 Å². The highest BCUT2D eigenvalue weighted by molar-refractivity contribution is 6.36. The van der Waals surface area contributed by atoms with Gasteiger partial charge in [0, 0.05) is 12.3 Å². The second kappa shape index (κ2) is 7.51. The summed E-state index contributed by atoms with van der Waals surface area (Å²) in [5.74, 6) is 1.02. The maximum absolute atomic E-state index is 12.9. The summed E-state index contributed by atoms with van der Waals surface area (Å²) in [6.45, 7) is 2.11. The summed E-state index contributed by atoms with van der Waals surface area (Å²) >= 11 is 13.0. The summed E-state index contributed by atoms with van der Waals surface area (Å²) in [7, 11) is 1.48. The molecule has 0 fully saturated rings. The molecule has 0 amide bonds. The molecule has 0 bridgehead atoms. The van der Waals surface area contributed by atoms with E-state index in [0.717, 1.165) is 17.5 Å². The molecule has 0 saturated carbocycles. The third-order valence-corrected chi connectivity index (χ3v) is 5.89. The predicted molar refractivity (Wildman–Crippen MR) is 119 cm³/mol. The van der Waals surface area contributed by atoms with E-state index in [-0.39, 0.29) is 11.8 Å². The second-order valence-electron chi connectivity index (χ2n) is 7.29. The van der Waals surface area contributed by atoms with Crippen LogP contribution in [0.25, 0.3) is 34.4 Å². The Balaban J connectivity index is 1.77. The third kappa shape index (κ3) is 3.30. The number of hydrogen-bond acceptors (Lipinski definition) is 6. The Morgan fingerprint density at radius 3 is 2.90 bits per heavy atom. The number of fused-ring (bicyclic) bond motifs is 2. The van der Waals surface area contributed by atoms with Crippen molar-refractivity contribution < 1.29 is 9.15 Å². The first-order chi connectivity index (χ1) is 15.0. The Hall–Kier alpha value is -3.16.